The maximum atomic E-state index is 5.35. The van der Waals surface area contributed by atoms with Crippen molar-refractivity contribution in [2.75, 3.05) is 32.8 Å². The van der Waals surface area contributed by atoms with Crippen molar-refractivity contribution in [3.05, 3.63) is 29.6 Å². The van der Waals surface area contributed by atoms with E-state index in [1.54, 1.807) is 0 Å². The molecule has 1 fully saturated rings. The standard InChI is InChI=1S/C14H23N3O/c1-12-4-3-5-15-14(12)10-16-13(2)11-17-6-8-18-9-7-17/h3-5,13,16H,6-11H2,1-2H3. The van der Waals surface area contributed by atoms with Gasteiger partial charge in [0.1, 0.15) is 0 Å². The number of aryl methyl sites for hydroxylation is 1. The normalized spacial score (nSPS) is 18.8. The second kappa shape index (κ2) is 6.83. The number of nitrogens with one attached hydrogen (secondary N) is 1. The number of nitrogens with zero attached hydrogens (tertiary/aromatic N) is 2. The molecule has 100 valence electrons. The van der Waals surface area contributed by atoms with Crippen molar-refractivity contribution in [2.24, 2.45) is 0 Å². The first-order valence-electron chi connectivity index (χ1n) is 6.69. The molecule has 4 nitrogen and oxygen atoms in total. The van der Waals surface area contributed by atoms with Crippen molar-refractivity contribution in [1.29, 1.82) is 0 Å². The average molecular weight is 249 g/mol. The molecule has 0 aromatic carbocycles. The third-order valence-electron chi connectivity index (χ3n) is 3.37. The van der Waals surface area contributed by atoms with Gasteiger partial charge in [0.2, 0.25) is 0 Å². The molecule has 0 spiro atoms. The Morgan fingerprint density at radius 3 is 2.94 bits per heavy atom. The van der Waals surface area contributed by atoms with Gasteiger partial charge in [0.15, 0.2) is 0 Å². The van der Waals surface area contributed by atoms with Crippen molar-refractivity contribution in [1.82, 2.24) is 15.2 Å². The van der Waals surface area contributed by atoms with Gasteiger partial charge in [0.05, 0.1) is 18.9 Å². The molecule has 1 aliphatic rings. The van der Waals surface area contributed by atoms with Gasteiger partial charge >= 0.3 is 0 Å². The molecule has 2 rings (SSSR count). The molecule has 0 bridgehead atoms. The van der Waals surface area contributed by atoms with E-state index in [9.17, 15) is 0 Å². The molecule has 0 radical (unpaired) electrons. The van der Waals surface area contributed by atoms with Gasteiger partial charge in [0.25, 0.3) is 0 Å². The molecule has 1 unspecified atom stereocenters. The van der Waals surface area contributed by atoms with Gasteiger partial charge in [-0.05, 0) is 25.5 Å². The Balaban J connectivity index is 1.74. The minimum atomic E-state index is 0.476. The second-order valence-corrected chi connectivity index (χ2v) is 4.96. The second-order valence-electron chi connectivity index (χ2n) is 4.96. The number of ether oxygens (including phenoxy) is 1. The summed E-state index contributed by atoms with van der Waals surface area (Å²) in [6.45, 7) is 10.1. The summed E-state index contributed by atoms with van der Waals surface area (Å²) in [5, 5.41) is 3.54. The summed E-state index contributed by atoms with van der Waals surface area (Å²) in [6, 6.07) is 4.57. The Morgan fingerprint density at radius 2 is 2.22 bits per heavy atom. The summed E-state index contributed by atoms with van der Waals surface area (Å²) in [5.74, 6) is 0. The zero-order chi connectivity index (χ0) is 12.8. The lowest BCUT2D eigenvalue weighted by molar-refractivity contribution is 0.0343. The monoisotopic (exact) mass is 249 g/mol. The van der Waals surface area contributed by atoms with E-state index in [1.165, 1.54) is 5.56 Å². The Kier molecular flexibility index (Phi) is 5.11. The molecule has 0 aliphatic carbocycles. The van der Waals surface area contributed by atoms with E-state index in [0.717, 1.165) is 45.1 Å². The highest BCUT2D eigenvalue weighted by Crippen LogP contribution is 2.04. The predicted molar refractivity (Wildman–Crippen MR) is 72.5 cm³/mol. The zero-order valence-corrected chi connectivity index (χ0v) is 11.4. The van der Waals surface area contributed by atoms with Crippen LogP contribution >= 0.6 is 0 Å². The largest absolute Gasteiger partial charge is 0.379 e. The molecule has 1 aromatic heterocycles. The van der Waals surface area contributed by atoms with Gasteiger partial charge in [-0.3, -0.25) is 9.88 Å². The number of hydrogen-bond donors (Lipinski definition) is 1. The van der Waals surface area contributed by atoms with Crippen LogP contribution in [0.4, 0.5) is 0 Å². The number of aromatic nitrogens is 1. The number of hydrogen-bond acceptors (Lipinski definition) is 4. The summed E-state index contributed by atoms with van der Waals surface area (Å²) in [4.78, 5) is 6.85. The number of pyridine rings is 1. The third-order valence-corrected chi connectivity index (χ3v) is 3.37. The average Bonchev–Trinajstić information content (AvgIpc) is 2.39. The third kappa shape index (κ3) is 4.05. The Morgan fingerprint density at radius 1 is 1.44 bits per heavy atom. The first kappa shape index (κ1) is 13.5. The smallest absolute Gasteiger partial charge is 0.0594 e. The van der Waals surface area contributed by atoms with Crippen LogP contribution in [0.15, 0.2) is 18.3 Å². The molecule has 1 atom stereocenters. The van der Waals surface area contributed by atoms with Gasteiger partial charge in [0, 0.05) is 38.4 Å². The van der Waals surface area contributed by atoms with Gasteiger partial charge in [-0.25, -0.2) is 0 Å². The molecular weight excluding hydrogens is 226 g/mol. The lowest BCUT2D eigenvalue weighted by Crippen LogP contribution is -2.44. The Hall–Kier alpha value is -0.970. The van der Waals surface area contributed by atoms with Crippen LogP contribution in [0.5, 0.6) is 0 Å². The summed E-state index contributed by atoms with van der Waals surface area (Å²) < 4.78 is 5.35. The first-order chi connectivity index (χ1) is 8.75. The van der Waals surface area contributed by atoms with Crippen molar-refractivity contribution in [3.63, 3.8) is 0 Å². The highest BCUT2D eigenvalue weighted by atomic mass is 16.5. The molecule has 0 saturated carbocycles. The van der Waals surface area contributed by atoms with Crippen LogP contribution in [0.3, 0.4) is 0 Å². The Bertz CT molecular complexity index is 364. The first-order valence-corrected chi connectivity index (χ1v) is 6.69. The van der Waals surface area contributed by atoms with Crippen LogP contribution < -0.4 is 5.32 Å². The number of rotatable bonds is 5. The summed E-state index contributed by atoms with van der Waals surface area (Å²) in [5.41, 5.74) is 2.40. The zero-order valence-electron chi connectivity index (χ0n) is 11.4. The van der Waals surface area contributed by atoms with Gasteiger partial charge in [-0.15, -0.1) is 0 Å². The molecule has 1 N–H and O–H groups in total. The van der Waals surface area contributed by atoms with E-state index in [-0.39, 0.29) is 0 Å². The molecule has 1 aliphatic heterocycles. The minimum Gasteiger partial charge on any atom is -0.379 e. The molecule has 0 amide bonds. The summed E-state index contributed by atoms with van der Waals surface area (Å²) in [6.07, 6.45) is 1.86. The van der Waals surface area contributed by atoms with Crippen molar-refractivity contribution in [3.8, 4) is 0 Å². The highest BCUT2D eigenvalue weighted by molar-refractivity contribution is 5.17. The maximum absolute atomic E-state index is 5.35. The summed E-state index contributed by atoms with van der Waals surface area (Å²) in [7, 11) is 0. The molecule has 4 heteroatoms. The fraction of sp³-hybridized carbons (Fsp3) is 0.643. The van der Waals surface area contributed by atoms with E-state index in [2.05, 4.69) is 35.1 Å². The van der Waals surface area contributed by atoms with Crippen LogP contribution in [0.25, 0.3) is 0 Å². The molecule has 1 saturated heterocycles. The van der Waals surface area contributed by atoms with Crippen LogP contribution in [0.1, 0.15) is 18.2 Å². The minimum absolute atomic E-state index is 0.476. The van der Waals surface area contributed by atoms with Crippen molar-refractivity contribution >= 4 is 0 Å². The fourth-order valence-electron chi connectivity index (χ4n) is 2.21. The van der Waals surface area contributed by atoms with Crippen molar-refractivity contribution in [2.45, 2.75) is 26.4 Å². The van der Waals surface area contributed by atoms with E-state index >= 15 is 0 Å². The van der Waals surface area contributed by atoms with E-state index < -0.39 is 0 Å². The van der Waals surface area contributed by atoms with Gasteiger partial charge in [-0.2, -0.15) is 0 Å². The number of morpholine rings is 1. The van der Waals surface area contributed by atoms with Crippen LogP contribution in [0.2, 0.25) is 0 Å². The van der Waals surface area contributed by atoms with E-state index in [1.807, 2.05) is 12.3 Å². The molecule has 18 heavy (non-hydrogen) atoms. The maximum Gasteiger partial charge on any atom is 0.0594 e. The quantitative estimate of drug-likeness (QED) is 0.851. The van der Waals surface area contributed by atoms with Crippen LogP contribution in [0, 0.1) is 6.92 Å². The van der Waals surface area contributed by atoms with Gasteiger partial charge in [-0.1, -0.05) is 6.07 Å². The van der Waals surface area contributed by atoms with Crippen molar-refractivity contribution < 1.29 is 4.74 Å². The van der Waals surface area contributed by atoms with E-state index in [4.69, 9.17) is 4.74 Å². The van der Waals surface area contributed by atoms with E-state index in [0.29, 0.717) is 6.04 Å². The highest BCUT2D eigenvalue weighted by Gasteiger charge is 2.13. The van der Waals surface area contributed by atoms with Gasteiger partial charge < -0.3 is 10.1 Å². The topological polar surface area (TPSA) is 37.4 Å². The van der Waals surface area contributed by atoms with Crippen LogP contribution in [-0.4, -0.2) is 48.8 Å². The van der Waals surface area contributed by atoms with Crippen LogP contribution in [-0.2, 0) is 11.3 Å². The lowest BCUT2D eigenvalue weighted by atomic mass is 10.2. The lowest BCUT2D eigenvalue weighted by Gasteiger charge is -2.29. The Labute approximate surface area is 109 Å². The molecular formula is C14H23N3O. The molecule has 2 heterocycles. The fourth-order valence-corrected chi connectivity index (χ4v) is 2.21. The predicted octanol–water partition coefficient (Wildman–Crippen LogP) is 1.20. The SMILES string of the molecule is Cc1cccnc1CNC(C)CN1CCOCC1. The molecule has 1 aromatic rings. The summed E-state index contributed by atoms with van der Waals surface area (Å²) >= 11 is 0.